The summed E-state index contributed by atoms with van der Waals surface area (Å²) in [7, 11) is 1.66. The van der Waals surface area contributed by atoms with Gasteiger partial charge in [-0.2, -0.15) is 0 Å². The summed E-state index contributed by atoms with van der Waals surface area (Å²) in [6.07, 6.45) is 7.09. The number of piperidine rings is 1. The number of para-hydroxylation sites is 1. The van der Waals surface area contributed by atoms with Gasteiger partial charge in [-0.1, -0.05) is 24.1 Å². The molecule has 33 heavy (non-hydrogen) atoms. The number of ether oxygens (including phenoxy) is 2. The fourth-order valence-corrected chi connectivity index (χ4v) is 4.79. The minimum Gasteiger partial charge on any atom is -0.497 e. The SMILES string of the molecule is COc1ccc2ncc(Cl)c(CCCC3CCN(CCOc4c(F)cccc4F)CC3)c2c1. The van der Waals surface area contributed by atoms with E-state index in [0.29, 0.717) is 17.5 Å². The molecule has 0 bridgehead atoms. The van der Waals surface area contributed by atoms with Gasteiger partial charge in [-0.3, -0.25) is 9.88 Å². The lowest BCUT2D eigenvalue weighted by molar-refractivity contribution is 0.147. The lowest BCUT2D eigenvalue weighted by atomic mass is 9.90. The summed E-state index contributed by atoms with van der Waals surface area (Å²) in [6.45, 7) is 2.90. The van der Waals surface area contributed by atoms with E-state index in [4.69, 9.17) is 21.1 Å². The monoisotopic (exact) mass is 474 g/mol. The molecule has 2 heterocycles. The molecule has 1 aliphatic rings. The molecule has 0 atom stereocenters. The van der Waals surface area contributed by atoms with Crippen molar-refractivity contribution in [3.8, 4) is 11.5 Å². The molecule has 4 rings (SSSR count). The molecule has 1 saturated heterocycles. The summed E-state index contributed by atoms with van der Waals surface area (Å²) >= 11 is 6.48. The van der Waals surface area contributed by atoms with Gasteiger partial charge in [0.15, 0.2) is 17.4 Å². The van der Waals surface area contributed by atoms with Gasteiger partial charge in [0.2, 0.25) is 0 Å². The molecule has 0 spiro atoms. The third kappa shape index (κ3) is 5.92. The van der Waals surface area contributed by atoms with Crippen LogP contribution in [0.4, 0.5) is 8.78 Å². The van der Waals surface area contributed by atoms with Crippen LogP contribution in [0.3, 0.4) is 0 Å². The zero-order valence-electron chi connectivity index (χ0n) is 18.8. The van der Waals surface area contributed by atoms with Crippen molar-refractivity contribution in [3.63, 3.8) is 0 Å². The Morgan fingerprint density at radius 3 is 2.61 bits per heavy atom. The van der Waals surface area contributed by atoms with E-state index in [2.05, 4.69) is 9.88 Å². The molecule has 2 aromatic carbocycles. The van der Waals surface area contributed by atoms with Crippen molar-refractivity contribution in [1.29, 1.82) is 0 Å². The predicted octanol–water partition coefficient (Wildman–Crippen LogP) is 6.29. The van der Waals surface area contributed by atoms with Gasteiger partial charge < -0.3 is 9.47 Å². The molecule has 1 aliphatic heterocycles. The average Bonchev–Trinajstić information content (AvgIpc) is 2.83. The smallest absolute Gasteiger partial charge is 0.190 e. The van der Waals surface area contributed by atoms with Crippen molar-refractivity contribution in [3.05, 3.63) is 64.8 Å². The Morgan fingerprint density at radius 2 is 1.88 bits per heavy atom. The molecule has 0 saturated carbocycles. The Kier molecular flexibility index (Phi) is 7.99. The second kappa shape index (κ2) is 11.1. The molecule has 7 heteroatoms. The molecular weight excluding hydrogens is 446 g/mol. The van der Waals surface area contributed by atoms with Crippen molar-refractivity contribution in [1.82, 2.24) is 9.88 Å². The highest BCUT2D eigenvalue weighted by Gasteiger charge is 2.20. The van der Waals surface area contributed by atoms with E-state index in [1.807, 2.05) is 18.2 Å². The molecule has 1 fully saturated rings. The van der Waals surface area contributed by atoms with Gasteiger partial charge >= 0.3 is 0 Å². The molecule has 0 aliphatic carbocycles. The predicted molar refractivity (Wildman–Crippen MR) is 127 cm³/mol. The Morgan fingerprint density at radius 1 is 1.12 bits per heavy atom. The lowest BCUT2D eigenvalue weighted by Gasteiger charge is -2.32. The van der Waals surface area contributed by atoms with Gasteiger partial charge in [0.1, 0.15) is 12.4 Å². The quantitative estimate of drug-likeness (QED) is 0.365. The van der Waals surface area contributed by atoms with Crippen molar-refractivity contribution < 1.29 is 18.3 Å². The maximum atomic E-state index is 13.7. The molecule has 4 nitrogen and oxygen atoms in total. The minimum atomic E-state index is -0.658. The van der Waals surface area contributed by atoms with E-state index in [1.54, 1.807) is 13.3 Å². The molecule has 3 aromatic rings. The summed E-state index contributed by atoms with van der Waals surface area (Å²) in [6, 6.07) is 9.65. The van der Waals surface area contributed by atoms with Crippen molar-refractivity contribution in [2.75, 3.05) is 33.4 Å². The first kappa shape index (κ1) is 23.7. The zero-order valence-corrected chi connectivity index (χ0v) is 19.6. The van der Waals surface area contributed by atoms with Crippen LogP contribution in [0.1, 0.15) is 31.2 Å². The van der Waals surface area contributed by atoms with Gasteiger partial charge in [-0.05, 0) is 80.6 Å². The van der Waals surface area contributed by atoms with Crippen molar-refractivity contribution in [2.45, 2.75) is 32.1 Å². The lowest BCUT2D eigenvalue weighted by Crippen LogP contribution is -2.36. The van der Waals surface area contributed by atoms with E-state index < -0.39 is 11.6 Å². The van der Waals surface area contributed by atoms with E-state index >= 15 is 0 Å². The number of hydrogen-bond acceptors (Lipinski definition) is 4. The topological polar surface area (TPSA) is 34.6 Å². The highest BCUT2D eigenvalue weighted by molar-refractivity contribution is 6.32. The number of pyridine rings is 1. The Balaban J connectivity index is 1.22. The molecule has 0 amide bonds. The van der Waals surface area contributed by atoms with Crippen LogP contribution in [0.15, 0.2) is 42.6 Å². The van der Waals surface area contributed by atoms with Crippen molar-refractivity contribution in [2.24, 2.45) is 5.92 Å². The van der Waals surface area contributed by atoms with Gasteiger partial charge in [0.05, 0.1) is 17.6 Å². The van der Waals surface area contributed by atoms with Crippen LogP contribution in [0.25, 0.3) is 10.9 Å². The molecule has 1 aromatic heterocycles. The van der Waals surface area contributed by atoms with Crippen molar-refractivity contribution >= 4 is 22.5 Å². The Labute approximate surface area is 198 Å². The molecule has 176 valence electrons. The number of aromatic nitrogens is 1. The zero-order chi connectivity index (χ0) is 23.2. The van der Waals surface area contributed by atoms with E-state index in [9.17, 15) is 8.78 Å². The normalized spacial score (nSPS) is 15.2. The van der Waals surface area contributed by atoms with Crippen LogP contribution in [-0.2, 0) is 6.42 Å². The number of nitrogens with zero attached hydrogens (tertiary/aromatic N) is 2. The molecule has 0 radical (unpaired) electrons. The summed E-state index contributed by atoms with van der Waals surface area (Å²) in [4.78, 5) is 6.73. The third-order valence-corrected chi connectivity index (χ3v) is 6.78. The summed E-state index contributed by atoms with van der Waals surface area (Å²) in [5.74, 6) is -0.120. The number of fused-ring (bicyclic) bond motifs is 1. The number of likely N-dealkylation sites (tertiary alicyclic amines) is 1. The summed E-state index contributed by atoms with van der Waals surface area (Å²) in [5.41, 5.74) is 2.07. The van der Waals surface area contributed by atoms with Gasteiger partial charge in [-0.15, -0.1) is 0 Å². The van der Waals surface area contributed by atoms with E-state index in [-0.39, 0.29) is 12.4 Å². The van der Waals surface area contributed by atoms with Crippen LogP contribution >= 0.6 is 11.6 Å². The number of halogens is 3. The minimum absolute atomic E-state index is 0.277. The average molecular weight is 475 g/mol. The van der Waals surface area contributed by atoms with E-state index in [1.165, 1.54) is 18.2 Å². The first-order valence-corrected chi connectivity index (χ1v) is 11.8. The van der Waals surface area contributed by atoms with Gasteiger partial charge in [0, 0.05) is 18.1 Å². The number of aryl methyl sites for hydroxylation is 1. The number of rotatable bonds is 9. The second-order valence-corrected chi connectivity index (χ2v) is 8.95. The summed E-state index contributed by atoms with van der Waals surface area (Å²) < 4.78 is 38.0. The second-order valence-electron chi connectivity index (χ2n) is 8.54. The summed E-state index contributed by atoms with van der Waals surface area (Å²) in [5, 5.41) is 1.76. The maximum Gasteiger partial charge on any atom is 0.190 e. The number of benzene rings is 2. The first-order valence-electron chi connectivity index (χ1n) is 11.5. The number of methoxy groups -OCH3 is 1. The standard InChI is InChI=1S/C26H29ClF2N2O2/c1-32-19-8-9-25-21(16-19)20(22(27)17-30-25)5-2-4-18-10-12-31(13-11-18)14-15-33-26-23(28)6-3-7-24(26)29/h3,6-9,16-18H,2,4-5,10-15H2,1H3. The Hall–Kier alpha value is -2.44. The number of hydrogen-bond donors (Lipinski definition) is 0. The highest BCUT2D eigenvalue weighted by Crippen LogP contribution is 2.30. The maximum absolute atomic E-state index is 13.7. The molecular formula is C26H29ClF2N2O2. The molecule has 0 unspecified atom stereocenters. The van der Waals surface area contributed by atoms with Crippen LogP contribution < -0.4 is 9.47 Å². The third-order valence-electron chi connectivity index (χ3n) is 6.45. The van der Waals surface area contributed by atoms with Crippen LogP contribution in [0, 0.1) is 17.6 Å². The van der Waals surface area contributed by atoms with Crippen LogP contribution in [0.2, 0.25) is 5.02 Å². The fourth-order valence-electron chi connectivity index (χ4n) is 4.55. The van der Waals surface area contributed by atoms with Crippen LogP contribution in [0.5, 0.6) is 11.5 Å². The fraction of sp³-hybridized carbons (Fsp3) is 0.423. The van der Waals surface area contributed by atoms with Gasteiger partial charge in [0.25, 0.3) is 0 Å². The first-order chi connectivity index (χ1) is 16.0. The van der Waals surface area contributed by atoms with Gasteiger partial charge in [-0.25, -0.2) is 8.78 Å². The molecule has 0 N–H and O–H groups in total. The highest BCUT2D eigenvalue weighted by atomic mass is 35.5. The largest absolute Gasteiger partial charge is 0.497 e. The van der Waals surface area contributed by atoms with Crippen LogP contribution in [-0.4, -0.2) is 43.2 Å². The Bertz CT molecular complexity index is 1070. The van der Waals surface area contributed by atoms with E-state index in [0.717, 1.165) is 67.4 Å².